The van der Waals surface area contributed by atoms with Gasteiger partial charge < -0.3 is 5.32 Å². The molecule has 0 saturated heterocycles. The molecule has 2 atom stereocenters. The molecule has 1 fully saturated rings. The lowest BCUT2D eigenvalue weighted by atomic mass is 9.79. The van der Waals surface area contributed by atoms with Crippen LogP contribution in [0.5, 0.6) is 0 Å². The zero-order chi connectivity index (χ0) is 9.84. The minimum atomic E-state index is 0.120. The Morgan fingerprint density at radius 3 is 2.62 bits per heavy atom. The van der Waals surface area contributed by atoms with E-state index < -0.39 is 0 Å². The molecule has 0 aromatic carbocycles. The zero-order valence-corrected chi connectivity index (χ0v) is 8.97. The highest BCUT2D eigenvalue weighted by molar-refractivity contribution is 5.73. The van der Waals surface area contributed by atoms with Crippen molar-refractivity contribution in [1.82, 2.24) is 5.32 Å². The number of carbonyl (C=O) groups excluding carboxylic acids is 1. The average molecular weight is 183 g/mol. The molecule has 0 aliphatic heterocycles. The molecule has 0 aromatic rings. The van der Waals surface area contributed by atoms with Crippen molar-refractivity contribution < 1.29 is 4.79 Å². The van der Waals surface area contributed by atoms with Crippen molar-refractivity contribution in [2.75, 3.05) is 0 Å². The summed E-state index contributed by atoms with van der Waals surface area (Å²) in [4.78, 5) is 10.9. The van der Waals surface area contributed by atoms with Crippen molar-refractivity contribution >= 4 is 5.91 Å². The van der Waals surface area contributed by atoms with Gasteiger partial charge in [0.25, 0.3) is 0 Å². The first-order valence-corrected chi connectivity index (χ1v) is 5.36. The van der Waals surface area contributed by atoms with E-state index in [-0.39, 0.29) is 5.91 Å². The number of hydrogen-bond donors (Lipinski definition) is 1. The van der Waals surface area contributed by atoms with Crippen molar-refractivity contribution in [1.29, 1.82) is 0 Å². The van der Waals surface area contributed by atoms with E-state index in [9.17, 15) is 4.79 Å². The summed E-state index contributed by atoms with van der Waals surface area (Å²) < 4.78 is 0. The molecule has 2 heteroatoms. The smallest absolute Gasteiger partial charge is 0.217 e. The van der Waals surface area contributed by atoms with Crippen LogP contribution in [0.15, 0.2) is 0 Å². The van der Waals surface area contributed by atoms with Crippen LogP contribution >= 0.6 is 0 Å². The van der Waals surface area contributed by atoms with Crippen LogP contribution in [0, 0.1) is 11.8 Å². The quantitative estimate of drug-likeness (QED) is 0.699. The van der Waals surface area contributed by atoms with Gasteiger partial charge >= 0.3 is 0 Å². The zero-order valence-electron chi connectivity index (χ0n) is 8.97. The van der Waals surface area contributed by atoms with Gasteiger partial charge in [0.15, 0.2) is 0 Å². The summed E-state index contributed by atoms with van der Waals surface area (Å²) >= 11 is 0. The molecule has 1 aliphatic rings. The molecule has 1 aliphatic carbocycles. The van der Waals surface area contributed by atoms with Crippen LogP contribution in [0.25, 0.3) is 0 Å². The normalized spacial score (nSPS) is 28.9. The van der Waals surface area contributed by atoms with Crippen LogP contribution in [-0.4, -0.2) is 11.9 Å². The number of amides is 1. The van der Waals surface area contributed by atoms with Crippen LogP contribution < -0.4 is 5.32 Å². The van der Waals surface area contributed by atoms with Crippen molar-refractivity contribution in [3.8, 4) is 0 Å². The molecule has 1 rings (SSSR count). The van der Waals surface area contributed by atoms with Crippen LogP contribution in [0.1, 0.15) is 46.5 Å². The molecule has 0 heterocycles. The second kappa shape index (κ2) is 4.64. The highest BCUT2D eigenvalue weighted by Gasteiger charge is 2.24. The van der Waals surface area contributed by atoms with E-state index >= 15 is 0 Å². The van der Waals surface area contributed by atoms with Crippen LogP contribution in [0.3, 0.4) is 0 Å². The van der Waals surface area contributed by atoms with Gasteiger partial charge in [-0.25, -0.2) is 0 Å². The van der Waals surface area contributed by atoms with E-state index in [0.29, 0.717) is 6.04 Å². The highest BCUT2D eigenvalue weighted by atomic mass is 16.1. The summed E-state index contributed by atoms with van der Waals surface area (Å²) in [7, 11) is 0. The van der Waals surface area contributed by atoms with Crippen molar-refractivity contribution in [2.24, 2.45) is 11.8 Å². The van der Waals surface area contributed by atoms with Gasteiger partial charge in [0.2, 0.25) is 5.91 Å². The maximum absolute atomic E-state index is 10.9. The van der Waals surface area contributed by atoms with Gasteiger partial charge in [0.05, 0.1) is 0 Å². The Hall–Kier alpha value is -0.530. The molecule has 1 saturated carbocycles. The maximum Gasteiger partial charge on any atom is 0.217 e. The summed E-state index contributed by atoms with van der Waals surface area (Å²) in [5.74, 6) is 1.69. The van der Waals surface area contributed by atoms with E-state index in [1.54, 1.807) is 6.92 Å². The summed E-state index contributed by atoms with van der Waals surface area (Å²) in [6.45, 7) is 6.17. The molecule has 2 nitrogen and oxygen atoms in total. The fourth-order valence-electron chi connectivity index (χ4n) is 2.25. The van der Waals surface area contributed by atoms with Gasteiger partial charge in [0.1, 0.15) is 0 Å². The van der Waals surface area contributed by atoms with Gasteiger partial charge in [-0.3, -0.25) is 4.79 Å². The number of nitrogens with one attached hydrogen (secondary N) is 1. The minimum absolute atomic E-state index is 0.120. The first kappa shape index (κ1) is 10.6. The number of hydrogen-bond acceptors (Lipinski definition) is 1. The van der Waals surface area contributed by atoms with Crippen molar-refractivity contribution in [3.63, 3.8) is 0 Å². The lowest BCUT2D eigenvalue weighted by Gasteiger charge is -2.31. The molecule has 0 aromatic heterocycles. The predicted octanol–water partition coefficient (Wildman–Crippen LogP) is 2.34. The summed E-state index contributed by atoms with van der Waals surface area (Å²) in [6, 6.07) is 0.443. The first-order chi connectivity index (χ1) is 6.09. The van der Waals surface area contributed by atoms with E-state index in [1.165, 1.54) is 25.7 Å². The molecular formula is C11H21NO. The molecule has 0 unspecified atom stereocenters. The van der Waals surface area contributed by atoms with E-state index in [1.807, 2.05) is 0 Å². The third kappa shape index (κ3) is 3.37. The van der Waals surface area contributed by atoms with Gasteiger partial charge in [-0.2, -0.15) is 0 Å². The Labute approximate surface area is 81.1 Å². The van der Waals surface area contributed by atoms with E-state index in [2.05, 4.69) is 19.2 Å². The average Bonchev–Trinajstić information content (AvgIpc) is 2.03. The Kier molecular flexibility index (Phi) is 3.76. The minimum Gasteiger partial charge on any atom is -0.354 e. The third-order valence-corrected chi connectivity index (χ3v) is 3.06. The predicted molar refractivity (Wildman–Crippen MR) is 54.4 cm³/mol. The molecular weight excluding hydrogens is 162 g/mol. The monoisotopic (exact) mass is 183 g/mol. The molecule has 76 valence electrons. The number of carbonyl (C=O) groups is 1. The SMILES string of the molecule is CC(=O)N[C@H]1CCC[C@H](C(C)C)C1. The van der Waals surface area contributed by atoms with Crippen LogP contribution in [0.2, 0.25) is 0 Å². The van der Waals surface area contributed by atoms with Crippen molar-refractivity contribution in [3.05, 3.63) is 0 Å². The van der Waals surface area contributed by atoms with Crippen LogP contribution in [-0.2, 0) is 4.79 Å². The van der Waals surface area contributed by atoms with Crippen molar-refractivity contribution in [2.45, 2.75) is 52.5 Å². The number of rotatable bonds is 2. The van der Waals surface area contributed by atoms with E-state index in [0.717, 1.165) is 11.8 Å². The Bertz CT molecular complexity index is 177. The highest BCUT2D eigenvalue weighted by Crippen LogP contribution is 2.29. The molecule has 13 heavy (non-hydrogen) atoms. The lowest BCUT2D eigenvalue weighted by Crippen LogP contribution is -2.38. The van der Waals surface area contributed by atoms with Gasteiger partial charge in [-0.1, -0.05) is 26.7 Å². The lowest BCUT2D eigenvalue weighted by molar-refractivity contribution is -0.120. The van der Waals surface area contributed by atoms with Gasteiger partial charge in [-0.15, -0.1) is 0 Å². The van der Waals surface area contributed by atoms with Gasteiger partial charge in [-0.05, 0) is 24.7 Å². The summed E-state index contributed by atoms with van der Waals surface area (Å²) in [5.41, 5.74) is 0. The third-order valence-electron chi connectivity index (χ3n) is 3.06. The fraction of sp³-hybridized carbons (Fsp3) is 0.909. The Morgan fingerprint density at radius 1 is 1.38 bits per heavy atom. The second-order valence-electron chi connectivity index (χ2n) is 4.57. The van der Waals surface area contributed by atoms with Crippen LogP contribution in [0.4, 0.5) is 0 Å². The Morgan fingerprint density at radius 2 is 2.08 bits per heavy atom. The summed E-state index contributed by atoms with van der Waals surface area (Å²) in [6.07, 6.45) is 4.96. The summed E-state index contributed by atoms with van der Waals surface area (Å²) in [5, 5.41) is 3.03. The second-order valence-corrected chi connectivity index (χ2v) is 4.57. The molecule has 1 N–H and O–H groups in total. The molecule has 0 radical (unpaired) electrons. The molecule has 0 bridgehead atoms. The first-order valence-electron chi connectivity index (χ1n) is 5.36. The van der Waals surface area contributed by atoms with E-state index in [4.69, 9.17) is 0 Å². The van der Waals surface area contributed by atoms with Gasteiger partial charge in [0, 0.05) is 13.0 Å². The topological polar surface area (TPSA) is 29.1 Å². The Balaban J connectivity index is 2.37. The molecule has 0 spiro atoms. The standard InChI is InChI=1S/C11H21NO/c1-8(2)10-5-4-6-11(7-10)12-9(3)13/h8,10-11H,4-7H2,1-3H3,(H,12,13)/t10-,11-/m0/s1. The maximum atomic E-state index is 10.9. The largest absolute Gasteiger partial charge is 0.354 e. The molecule has 1 amide bonds. The fourth-order valence-corrected chi connectivity index (χ4v) is 2.25.